The second-order valence-corrected chi connectivity index (χ2v) is 8.61. The summed E-state index contributed by atoms with van der Waals surface area (Å²) in [7, 11) is 0. The van der Waals surface area contributed by atoms with Crippen LogP contribution in [-0.4, -0.2) is 39.3 Å². The zero-order valence-corrected chi connectivity index (χ0v) is 18.1. The van der Waals surface area contributed by atoms with Gasteiger partial charge in [0, 0.05) is 22.6 Å². The molecule has 1 aliphatic rings. The van der Waals surface area contributed by atoms with Gasteiger partial charge in [-0.05, 0) is 69.9 Å². The fourth-order valence-corrected chi connectivity index (χ4v) is 3.90. The number of aromatic nitrogens is 1. The lowest BCUT2D eigenvalue weighted by Crippen LogP contribution is -2.44. The van der Waals surface area contributed by atoms with Crippen molar-refractivity contribution in [2.45, 2.75) is 53.0 Å². The van der Waals surface area contributed by atoms with Crippen LogP contribution in [0.5, 0.6) is 0 Å². The molecule has 6 nitrogen and oxygen atoms in total. The van der Waals surface area contributed by atoms with Crippen molar-refractivity contribution in [3.63, 3.8) is 0 Å². The summed E-state index contributed by atoms with van der Waals surface area (Å²) in [5.74, 6) is -0.613. The lowest BCUT2D eigenvalue weighted by molar-refractivity contribution is -0.130. The second kappa shape index (κ2) is 8.05. The molecule has 1 saturated heterocycles. The van der Waals surface area contributed by atoms with Crippen molar-refractivity contribution in [3.05, 3.63) is 53.1 Å². The molecular formula is C23H28FN3O3. The smallest absolute Gasteiger partial charge is 0.323 e. The van der Waals surface area contributed by atoms with Gasteiger partial charge in [-0.2, -0.15) is 0 Å². The number of Topliss-reactive ketones (excluding diaryl/α,β-unsaturated/α-hetero) is 1. The van der Waals surface area contributed by atoms with Gasteiger partial charge in [-0.1, -0.05) is 13.8 Å². The lowest BCUT2D eigenvalue weighted by atomic mass is 9.92. The first kappa shape index (κ1) is 21.7. The van der Waals surface area contributed by atoms with Crippen LogP contribution in [0.3, 0.4) is 0 Å². The first-order valence-corrected chi connectivity index (χ1v) is 10.2. The molecule has 0 aliphatic carbocycles. The van der Waals surface area contributed by atoms with Crippen molar-refractivity contribution in [2.75, 3.05) is 6.54 Å². The molecule has 0 radical (unpaired) electrons. The number of halogens is 1. The minimum absolute atomic E-state index is 0.310. The van der Waals surface area contributed by atoms with Crippen molar-refractivity contribution in [3.8, 4) is 5.69 Å². The summed E-state index contributed by atoms with van der Waals surface area (Å²) in [5.41, 5.74) is 1.68. The number of amides is 3. The van der Waals surface area contributed by atoms with Gasteiger partial charge in [0.05, 0.1) is 6.54 Å². The number of carbonyl (C=O) groups excluding carboxylic acids is 3. The van der Waals surface area contributed by atoms with E-state index in [1.54, 1.807) is 32.0 Å². The minimum Gasteiger partial charge on any atom is -0.323 e. The standard InChI is InChI=1S/C23H28FN3O3/c1-14(2)10-11-23(5)21(29)26(22(30)25-23)13-20(28)19-12-15(3)27(16(19)4)18-8-6-17(24)7-9-18/h6-9,12,14H,10-11,13H2,1-5H3,(H,25,30)/t23-/m0/s1. The number of ketones is 1. The van der Waals surface area contributed by atoms with E-state index in [0.29, 0.717) is 23.6 Å². The third kappa shape index (κ3) is 4.01. The topological polar surface area (TPSA) is 71.4 Å². The fraction of sp³-hybridized carbons (Fsp3) is 0.435. The van der Waals surface area contributed by atoms with Crippen LogP contribution in [0.4, 0.5) is 9.18 Å². The summed E-state index contributed by atoms with van der Waals surface area (Å²) in [4.78, 5) is 39.3. The van der Waals surface area contributed by atoms with E-state index in [1.807, 2.05) is 11.5 Å². The molecule has 0 spiro atoms. The highest BCUT2D eigenvalue weighted by Gasteiger charge is 2.48. The number of carbonyl (C=O) groups is 3. The van der Waals surface area contributed by atoms with E-state index < -0.39 is 11.6 Å². The van der Waals surface area contributed by atoms with Crippen LogP contribution in [0.15, 0.2) is 30.3 Å². The maximum Gasteiger partial charge on any atom is 0.325 e. The number of nitrogens with one attached hydrogen (secondary N) is 1. The van der Waals surface area contributed by atoms with Crippen molar-refractivity contribution in [1.82, 2.24) is 14.8 Å². The number of hydrogen-bond acceptors (Lipinski definition) is 3. The molecule has 7 heteroatoms. The maximum atomic E-state index is 13.3. The molecule has 1 fully saturated rings. The van der Waals surface area contributed by atoms with E-state index in [0.717, 1.165) is 22.7 Å². The Morgan fingerprint density at radius 2 is 1.80 bits per heavy atom. The van der Waals surface area contributed by atoms with Crippen LogP contribution in [-0.2, 0) is 4.79 Å². The van der Waals surface area contributed by atoms with E-state index in [1.165, 1.54) is 12.1 Å². The molecule has 30 heavy (non-hydrogen) atoms. The Labute approximate surface area is 176 Å². The first-order chi connectivity index (χ1) is 14.0. The van der Waals surface area contributed by atoms with Crippen molar-refractivity contribution in [1.29, 1.82) is 0 Å². The average Bonchev–Trinajstić information content (AvgIpc) is 3.09. The fourth-order valence-electron chi connectivity index (χ4n) is 3.90. The van der Waals surface area contributed by atoms with E-state index >= 15 is 0 Å². The van der Waals surface area contributed by atoms with Crippen LogP contribution < -0.4 is 5.32 Å². The van der Waals surface area contributed by atoms with E-state index in [2.05, 4.69) is 19.2 Å². The predicted molar refractivity (Wildman–Crippen MR) is 112 cm³/mol. The Kier molecular flexibility index (Phi) is 5.83. The molecular weight excluding hydrogens is 385 g/mol. The summed E-state index contributed by atoms with van der Waals surface area (Å²) in [6.45, 7) is 9.16. The quantitative estimate of drug-likeness (QED) is 0.547. The molecule has 3 rings (SSSR count). The summed E-state index contributed by atoms with van der Waals surface area (Å²) in [6, 6.07) is 7.20. The van der Waals surface area contributed by atoms with Gasteiger partial charge in [0.1, 0.15) is 11.4 Å². The highest BCUT2D eigenvalue weighted by Crippen LogP contribution is 2.26. The monoisotopic (exact) mass is 413 g/mol. The van der Waals surface area contributed by atoms with Gasteiger partial charge >= 0.3 is 6.03 Å². The van der Waals surface area contributed by atoms with Gasteiger partial charge in [0.2, 0.25) is 0 Å². The van der Waals surface area contributed by atoms with E-state index in [4.69, 9.17) is 0 Å². The van der Waals surface area contributed by atoms with Gasteiger partial charge in [-0.25, -0.2) is 9.18 Å². The average molecular weight is 413 g/mol. The van der Waals surface area contributed by atoms with Crippen molar-refractivity contribution >= 4 is 17.7 Å². The second-order valence-electron chi connectivity index (χ2n) is 8.61. The summed E-state index contributed by atoms with van der Waals surface area (Å²) >= 11 is 0. The van der Waals surface area contributed by atoms with Gasteiger partial charge in [0.25, 0.3) is 5.91 Å². The van der Waals surface area contributed by atoms with Gasteiger partial charge < -0.3 is 9.88 Å². The van der Waals surface area contributed by atoms with E-state index in [-0.39, 0.29) is 24.1 Å². The highest BCUT2D eigenvalue weighted by molar-refractivity contribution is 6.11. The van der Waals surface area contributed by atoms with Crippen LogP contribution in [0.1, 0.15) is 55.4 Å². The van der Waals surface area contributed by atoms with Gasteiger partial charge in [-0.3, -0.25) is 14.5 Å². The number of nitrogens with zero attached hydrogens (tertiary/aromatic N) is 2. The van der Waals surface area contributed by atoms with Crippen molar-refractivity contribution < 1.29 is 18.8 Å². The predicted octanol–water partition coefficient (Wildman–Crippen LogP) is 4.16. The normalized spacial score (nSPS) is 19.0. The summed E-state index contributed by atoms with van der Waals surface area (Å²) < 4.78 is 15.1. The first-order valence-electron chi connectivity index (χ1n) is 10.2. The molecule has 1 aromatic heterocycles. The highest BCUT2D eigenvalue weighted by atomic mass is 19.1. The van der Waals surface area contributed by atoms with Crippen LogP contribution in [0, 0.1) is 25.6 Å². The number of urea groups is 1. The number of rotatable bonds is 7. The Balaban J connectivity index is 1.81. The molecule has 1 aliphatic heterocycles. The van der Waals surface area contributed by atoms with Gasteiger partial charge in [-0.15, -0.1) is 0 Å². The molecule has 0 bridgehead atoms. The molecule has 0 unspecified atom stereocenters. The maximum absolute atomic E-state index is 13.3. The molecule has 1 aromatic carbocycles. The minimum atomic E-state index is -0.980. The summed E-state index contributed by atoms with van der Waals surface area (Å²) in [5, 5.41) is 2.75. The SMILES string of the molecule is Cc1cc(C(=O)CN2C(=O)N[C@@](C)(CCC(C)C)C2=O)c(C)n1-c1ccc(F)cc1. The zero-order valence-electron chi connectivity index (χ0n) is 18.1. The van der Waals surface area contributed by atoms with Gasteiger partial charge in [0.15, 0.2) is 5.78 Å². The van der Waals surface area contributed by atoms with Crippen molar-refractivity contribution in [2.24, 2.45) is 5.92 Å². The van der Waals surface area contributed by atoms with E-state index in [9.17, 15) is 18.8 Å². The lowest BCUT2D eigenvalue weighted by Gasteiger charge is -2.22. The summed E-state index contributed by atoms with van der Waals surface area (Å²) in [6.07, 6.45) is 1.32. The Hall–Kier alpha value is -2.96. The molecule has 2 heterocycles. The molecule has 1 atom stereocenters. The largest absolute Gasteiger partial charge is 0.325 e. The molecule has 160 valence electrons. The van der Waals surface area contributed by atoms with Crippen LogP contribution in [0.2, 0.25) is 0 Å². The number of imide groups is 1. The van der Waals surface area contributed by atoms with Crippen LogP contribution >= 0.6 is 0 Å². The molecule has 2 aromatic rings. The molecule has 0 saturated carbocycles. The number of hydrogen-bond donors (Lipinski definition) is 1. The van der Waals surface area contributed by atoms with Crippen LogP contribution in [0.25, 0.3) is 5.69 Å². The Morgan fingerprint density at radius 1 is 1.17 bits per heavy atom. The number of aryl methyl sites for hydroxylation is 1. The third-order valence-electron chi connectivity index (χ3n) is 5.68. The molecule has 1 N–H and O–H groups in total. The third-order valence-corrected chi connectivity index (χ3v) is 5.68. The zero-order chi connectivity index (χ0) is 22.2. The Morgan fingerprint density at radius 3 is 2.40 bits per heavy atom. The Bertz CT molecular complexity index is 994. The number of benzene rings is 1. The molecule has 3 amide bonds.